The lowest BCUT2D eigenvalue weighted by atomic mass is 9.88. The van der Waals surface area contributed by atoms with E-state index >= 15 is 0 Å². The summed E-state index contributed by atoms with van der Waals surface area (Å²) in [4.78, 5) is 0.213. The molecule has 0 fully saturated rings. The van der Waals surface area contributed by atoms with Gasteiger partial charge in [-0.1, -0.05) is 66.2 Å². The van der Waals surface area contributed by atoms with Crippen molar-refractivity contribution in [2.75, 3.05) is 0 Å². The maximum absolute atomic E-state index is 13.3. The van der Waals surface area contributed by atoms with Crippen LogP contribution in [0.5, 0.6) is 0 Å². The summed E-state index contributed by atoms with van der Waals surface area (Å²) in [6.07, 6.45) is 1.53. The molecule has 0 bridgehead atoms. The zero-order valence-electron chi connectivity index (χ0n) is 15.7. The number of aromatic nitrogens is 1. The molecule has 0 aliphatic rings. The fraction of sp³-hybridized carbons (Fsp3) is 0.130. The number of para-hydroxylation sites is 1. The molecule has 0 aliphatic carbocycles. The van der Waals surface area contributed by atoms with Gasteiger partial charge in [-0.15, -0.1) is 0 Å². The van der Waals surface area contributed by atoms with Gasteiger partial charge < -0.3 is 5.11 Å². The summed E-state index contributed by atoms with van der Waals surface area (Å²) in [5, 5.41) is 12.0. The second kappa shape index (κ2) is 6.62. The van der Waals surface area contributed by atoms with Crippen LogP contribution in [0.1, 0.15) is 23.6 Å². The SMILES string of the molecule is Cc1ccc(S(=O)(=O)n2cc(C(C)(O)c3ccccc3)c3ccccc32)cc1. The summed E-state index contributed by atoms with van der Waals surface area (Å²) in [6.45, 7) is 3.60. The topological polar surface area (TPSA) is 59.3 Å². The fourth-order valence-corrected chi connectivity index (χ4v) is 4.85. The van der Waals surface area contributed by atoms with Crippen LogP contribution in [-0.2, 0) is 15.6 Å². The Morgan fingerprint density at radius 1 is 0.857 bits per heavy atom. The van der Waals surface area contributed by atoms with Crippen LogP contribution >= 0.6 is 0 Å². The molecule has 0 saturated carbocycles. The zero-order chi connectivity index (χ0) is 19.9. The quantitative estimate of drug-likeness (QED) is 0.559. The highest BCUT2D eigenvalue weighted by molar-refractivity contribution is 7.90. The highest BCUT2D eigenvalue weighted by atomic mass is 32.2. The average molecular weight is 391 g/mol. The van der Waals surface area contributed by atoms with E-state index in [4.69, 9.17) is 0 Å². The van der Waals surface area contributed by atoms with Crippen molar-refractivity contribution < 1.29 is 13.5 Å². The number of fused-ring (bicyclic) bond motifs is 1. The maximum atomic E-state index is 13.3. The Labute approximate surface area is 164 Å². The van der Waals surface area contributed by atoms with E-state index in [0.717, 1.165) is 5.56 Å². The van der Waals surface area contributed by atoms with Crippen LogP contribution in [0.3, 0.4) is 0 Å². The molecule has 1 heterocycles. The van der Waals surface area contributed by atoms with Gasteiger partial charge in [0.25, 0.3) is 10.0 Å². The minimum absolute atomic E-state index is 0.213. The first-order chi connectivity index (χ1) is 13.3. The largest absolute Gasteiger partial charge is 0.381 e. The number of nitrogens with zero attached hydrogens (tertiary/aromatic N) is 1. The molecule has 0 aliphatic heterocycles. The minimum atomic E-state index is -3.80. The van der Waals surface area contributed by atoms with Crippen molar-refractivity contribution in [3.63, 3.8) is 0 Å². The molecule has 0 spiro atoms. The van der Waals surface area contributed by atoms with Crippen LogP contribution in [-0.4, -0.2) is 17.5 Å². The van der Waals surface area contributed by atoms with Gasteiger partial charge in [0.2, 0.25) is 0 Å². The predicted molar refractivity (Wildman–Crippen MR) is 111 cm³/mol. The van der Waals surface area contributed by atoms with E-state index in [-0.39, 0.29) is 4.90 Å². The van der Waals surface area contributed by atoms with Gasteiger partial charge in [0.15, 0.2) is 0 Å². The highest BCUT2D eigenvalue weighted by Gasteiger charge is 2.31. The third-order valence-corrected chi connectivity index (χ3v) is 6.80. The molecule has 4 nitrogen and oxygen atoms in total. The van der Waals surface area contributed by atoms with Gasteiger partial charge in [-0.3, -0.25) is 0 Å². The Bertz CT molecular complexity index is 1240. The van der Waals surface area contributed by atoms with Gasteiger partial charge in [0.05, 0.1) is 10.4 Å². The molecule has 28 heavy (non-hydrogen) atoms. The number of hydrogen-bond donors (Lipinski definition) is 1. The van der Waals surface area contributed by atoms with Crippen molar-refractivity contribution in [2.45, 2.75) is 24.3 Å². The summed E-state index contributed by atoms with van der Waals surface area (Å²) in [7, 11) is -3.80. The molecule has 1 atom stereocenters. The summed E-state index contributed by atoms with van der Waals surface area (Å²) in [5.41, 5.74) is 1.43. The average Bonchev–Trinajstić information content (AvgIpc) is 3.10. The normalized spacial score (nSPS) is 14.1. The van der Waals surface area contributed by atoms with Gasteiger partial charge in [0.1, 0.15) is 5.60 Å². The number of aliphatic hydroxyl groups is 1. The Kier molecular flexibility index (Phi) is 4.37. The van der Waals surface area contributed by atoms with E-state index < -0.39 is 15.6 Å². The lowest BCUT2D eigenvalue weighted by Gasteiger charge is -2.23. The lowest BCUT2D eigenvalue weighted by molar-refractivity contribution is 0.104. The van der Waals surface area contributed by atoms with E-state index in [2.05, 4.69) is 0 Å². The Hall–Kier alpha value is -2.89. The molecule has 142 valence electrons. The van der Waals surface area contributed by atoms with Crippen molar-refractivity contribution in [1.82, 2.24) is 3.97 Å². The smallest absolute Gasteiger partial charge is 0.268 e. The highest BCUT2D eigenvalue weighted by Crippen LogP contribution is 2.36. The third-order valence-electron chi connectivity index (χ3n) is 5.12. The third kappa shape index (κ3) is 2.93. The Morgan fingerprint density at radius 3 is 2.14 bits per heavy atom. The van der Waals surface area contributed by atoms with Crippen molar-refractivity contribution >= 4 is 20.9 Å². The van der Waals surface area contributed by atoms with Crippen molar-refractivity contribution in [3.8, 4) is 0 Å². The molecule has 4 rings (SSSR count). The number of rotatable bonds is 4. The summed E-state index contributed by atoms with van der Waals surface area (Å²) < 4.78 is 27.9. The van der Waals surface area contributed by atoms with Gasteiger partial charge in [-0.2, -0.15) is 0 Å². The van der Waals surface area contributed by atoms with Crippen LogP contribution in [0.25, 0.3) is 10.9 Å². The van der Waals surface area contributed by atoms with Crippen molar-refractivity contribution in [2.24, 2.45) is 0 Å². The lowest BCUT2D eigenvalue weighted by Crippen LogP contribution is -2.22. The molecule has 0 saturated heterocycles. The summed E-state index contributed by atoms with van der Waals surface area (Å²) in [5.74, 6) is 0. The van der Waals surface area contributed by atoms with Crippen LogP contribution in [0.2, 0.25) is 0 Å². The number of hydrogen-bond acceptors (Lipinski definition) is 3. The Balaban J connectivity index is 1.96. The van der Waals surface area contributed by atoms with E-state index in [1.807, 2.05) is 49.4 Å². The first-order valence-electron chi connectivity index (χ1n) is 9.02. The first kappa shape index (κ1) is 18.5. The van der Waals surface area contributed by atoms with E-state index in [1.54, 1.807) is 43.3 Å². The standard InChI is InChI=1S/C23H21NO3S/c1-17-12-14-19(15-13-17)28(26,27)24-16-21(20-10-6-7-11-22(20)24)23(2,25)18-8-4-3-5-9-18/h3-16,25H,1-2H3. The molecule has 3 aromatic carbocycles. The predicted octanol–water partition coefficient (Wildman–Crippen LogP) is 4.44. The van der Waals surface area contributed by atoms with Crippen LogP contribution < -0.4 is 0 Å². The number of benzene rings is 3. The van der Waals surface area contributed by atoms with Gasteiger partial charge in [-0.05, 0) is 37.6 Å². The van der Waals surface area contributed by atoms with E-state index in [1.165, 1.54) is 10.2 Å². The maximum Gasteiger partial charge on any atom is 0.268 e. The Morgan fingerprint density at radius 2 is 1.46 bits per heavy atom. The number of aryl methyl sites for hydroxylation is 1. The molecule has 0 amide bonds. The molecule has 4 aromatic rings. The molecule has 0 radical (unpaired) electrons. The van der Waals surface area contributed by atoms with Crippen molar-refractivity contribution in [3.05, 3.63) is 102 Å². The fourth-order valence-electron chi connectivity index (χ4n) is 3.48. The second-order valence-corrected chi connectivity index (χ2v) is 8.93. The van der Waals surface area contributed by atoms with Gasteiger partial charge >= 0.3 is 0 Å². The zero-order valence-corrected chi connectivity index (χ0v) is 16.5. The second-order valence-electron chi connectivity index (χ2n) is 7.11. The van der Waals surface area contributed by atoms with E-state index in [9.17, 15) is 13.5 Å². The molecular formula is C23H21NO3S. The molecule has 5 heteroatoms. The first-order valence-corrected chi connectivity index (χ1v) is 10.5. The van der Waals surface area contributed by atoms with Crippen LogP contribution in [0.4, 0.5) is 0 Å². The minimum Gasteiger partial charge on any atom is -0.381 e. The molecule has 1 unspecified atom stereocenters. The summed E-state index contributed by atoms with van der Waals surface area (Å²) >= 11 is 0. The van der Waals surface area contributed by atoms with E-state index in [0.29, 0.717) is 22.0 Å². The van der Waals surface area contributed by atoms with Crippen LogP contribution in [0, 0.1) is 6.92 Å². The van der Waals surface area contributed by atoms with Gasteiger partial charge in [-0.25, -0.2) is 12.4 Å². The molecule has 1 aromatic heterocycles. The van der Waals surface area contributed by atoms with Crippen molar-refractivity contribution in [1.29, 1.82) is 0 Å². The monoisotopic (exact) mass is 391 g/mol. The van der Waals surface area contributed by atoms with Gasteiger partial charge in [0, 0.05) is 17.1 Å². The molecular weight excluding hydrogens is 370 g/mol. The molecule has 1 N–H and O–H groups in total. The van der Waals surface area contributed by atoms with Crippen LogP contribution in [0.15, 0.2) is 90.0 Å². The summed E-state index contributed by atoms with van der Waals surface area (Å²) in [6, 6.07) is 23.3.